The Balaban J connectivity index is 2.69. The van der Waals surface area contributed by atoms with E-state index in [-0.39, 0.29) is 0 Å². The molecule has 1 rings (SSSR count). The minimum atomic E-state index is 0.515. The third-order valence-corrected chi connectivity index (χ3v) is 1.07. The van der Waals surface area contributed by atoms with Crippen LogP contribution in [0.5, 0.6) is 0 Å². The van der Waals surface area contributed by atoms with Gasteiger partial charge in [0, 0.05) is 0 Å². The molecule has 0 saturated heterocycles. The molecule has 0 spiro atoms. The predicted octanol–water partition coefficient (Wildman–Crippen LogP) is 0.204. The Hall–Kier alpha value is -0.745. The van der Waals surface area contributed by atoms with Crippen LogP contribution in [0.3, 0.4) is 0 Å². The molecule has 0 fully saturated rings. The summed E-state index contributed by atoms with van der Waals surface area (Å²) in [6.07, 6.45) is 6.15. The number of hydrogen-bond acceptors (Lipinski definition) is 1. The van der Waals surface area contributed by atoms with E-state index in [1.165, 1.54) is 0 Å². The maximum absolute atomic E-state index is 3.93. The van der Waals surface area contributed by atoms with Crippen LogP contribution in [-0.4, -0.2) is 20.3 Å². The second-order valence-corrected chi connectivity index (χ2v) is 1.92. The second-order valence-electron chi connectivity index (χ2n) is 1.92. The summed E-state index contributed by atoms with van der Waals surface area (Å²) in [7, 11) is 2.12. The largest absolute Gasteiger partial charge is 0.239 e. The predicted molar refractivity (Wildman–Crippen MR) is 38.3 cm³/mol. The summed E-state index contributed by atoms with van der Waals surface area (Å²) in [5, 5.41) is 0. The van der Waals surface area contributed by atoms with Gasteiger partial charge in [0.1, 0.15) is 7.85 Å². The summed E-state index contributed by atoms with van der Waals surface area (Å²) in [5.74, 6) is 3.35. The maximum Gasteiger partial charge on any atom is 0.116 e. The summed E-state index contributed by atoms with van der Waals surface area (Å²) in [6, 6.07) is 0. The summed E-state index contributed by atoms with van der Waals surface area (Å²) in [6.45, 7) is 0.792. The van der Waals surface area contributed by atoms with E-state index < -0.39 is 0 Å². The van der Waals surface area contributed by atoms with E-state index in [2.05, 4.69) is 30.9 Å². The highest BCUT2D eigenvalue weighted by molar-refractivity contribution is 6.15. The van der Waals surface area contributed by atoms with Crippen LogP contribution in [-0.2, 0) is 0 Å². The summed E-state index contributed by atoms with van der Waals surface area (Å²) >= 11 is 0. The van der Waals surface area contributed by atoms with Gasteiger partial charge in [0.25, 0.3) is 0 Å². The number of nitrogens with zero attached hydrogens (tertiary/aromatic N) is 1. The van der Waals surface area contributed by atoms with Crippen molar-refractivity contribution in [2.45, 2.75) is 5.82 Å². The Bertz CT molecular complexity index is 154. The van der Waals surface area contributed by atoms with Gasteiger partial charge in [-0.05, 0) is 17.8 Å². The van der Waals surface area contributed by atoms with Gasteiger partial charge in [-0.2, -0.15) is 0 Å². The molecule has 1 unspecified atom stereocenters. The fourth-order valence-electron chi connectivity index (χ4n) is 0.607. The zero-order valence-corrected chi connectivity index (χ0v) is 4.96. The van der Waals surface area contributed by atoms with E-state index in [1.54, 1.807) is 0 Å². The number of aliphatic imine (C=N–C) groups is 1. The fraction of sp³-hybridized carbons (Fsp3) is 0.333. The third-order valence-electron chi connectivity index (χ3n) is 1.07. The molecule has 8 heavy (non-hydrogen) atoms. The quantitative estimate of drug-likeness (QED) is 0.308. The number of allylic oxidation sites excluding steroid dienone is 2. The first-order chi connectivity index (χ1) is 3.89. The highest BCUT2D eigenvalue weighted by Crippen LogP contribution is 2.01. The second kappa shape index (κ2) is 2.53. The normalized spacial score (nSPS) is 25.8. The van der Waals surface area contributed by atoms with Crippen molar-refractivity contribution in [2.75, 3.05) is 6.54 Å². The molecule has 0 aromatic carbocycles. The lowest BCUT2D eigenvalue weighted by molar-refractivity contribution is 1.26. The van der Waals surface area contributed by atoms with Crippen molar-refractivity contribution >= 4 is 13.7 Å². The van der Waals surface area contributed by atoms with Crippen LogP contribution < -0.4 is 0 Å². The monoisotopic (exact) mass is 105 g/mol. The zero-order chi connectivity index (χ0) is 5.82. The average molecular weight is 105 g/mol. The minimum Gasteiger partial charge on any atom is -0.239 e. The van der Waals surface area contributed by atoms with Gasteiger partial charge in [-0.3, -0.25) is 0 Å². The SMILES string of the molecule is BC1C=C=NCC=C1. The van der Waals surface area contributed by atoms with Crippen molar-refractivity contribution in [1.82, 2.24) is 0 Å². The smallest absolute Gasteiger partial charge is 0.116 e. The molecule has 1 aliphatic rings. The molecule has 0 amide bonds. The van der Waals surface area contributed by atoms with Crippen LogP contribution in [0.1, 0.15) is 0 Å². The van der Waals surface area contributed by atoms with E-state index in [0.717, 1.165) is 6.54 Å². The lowest BCUT2D eigenvalue weighted by Gasteiger charge is -1.87. The first-order valence-electron chi connectivity index (χ1n) is 2.81. The summed E-state index contributed by atoms with van der Waals surface area (Å²) < 4.78 is 0. The van der Waals surface area contributed by atoms with Gasteiger partial charge in [-0.15, -0.1) is 0 Å². The summed E-state index contributed by atoms with van der Waals surface area (Å²) in [5.41, 5.74) is 0. The van der Waals surface area contributed by atoms with Crippen molar-refractivity contribution in [3.63, 3.8) is 0 Å². The van der Waals surface area contributed by atoms with E-state index in [1.807, 2.05) is 6.08 Å². The molecule has 0 bridgehead atoms. The van der Waals surface area contributed by atoms with E-state index in [0.29, 0.717) is 5.82 Å². The molecule has 1 aliphatic heterocycles. The summed E-state index contributed by atoms with van der Waals surface area (Å²) in [4.78, 5) is 3.93. The topological polar surface area (TPSA) is 12.4 Å². The molecule has 0 aromatic rings. The Morgan fingerprint density at radius 3 is 3.50 bits per heavy atom. The van der Waals surface area contributed by atoms with Crippen molar-refractivity contribution in [3.8, 4) is 0 Å². The van der Waals surface area contributed by atoms with Crippen molar-refractivity contribution in [3.05, 3.63) is 18.2 Å². The van der Waals surface area contributed by atoms with Crippen LogP contribution >= 0.6 is 0 Å². The molecule has 40 valence electrons. The standard InChI is InChI=1S/C6H8BN/c7-6-2-1-4-8-5-3-6/h1-3,6H,4,7H2. The Morgan fingerprint density at radius 1 is 1.75 bits per heavy atom. The Labute approximate surface area is 50.2 Å². The molecule has 1 nitrogen and oxygen atoms in total. The van der Waals surface area contributed by atoms with Gasteiger partial charge in [-0.25, -0.2) is 4.99 Å². The van der Waals surface area contributed by atoms with Gasteiger partial charge in [-0.1, -0.05) is 12.2 Å². The third kappa shape index (κ3) is 1.40. The molecular formula is C6H8BN. The fourth-order valence-corrected chi connectivity index (χ4v) is 0.607. The van der Waals surface area contributed by atoms with Gasteiger partial charge < -0.3 is 0 Å². The highest BCUT2D eigenvalue weighted by Gasteiger charge is 1.89. The number of hydrogen-bond donors (Lipinski definition) is 0. The zero-order valence-electron chi connectivity index (χ0n) is 4.96. The number of rotatable bonds is 0. The Morgan fingerprint density at radius 2 is 2.62 bits per heavy atom. The minimum absolute atomic E-state index is 0.515. The molecule has 2 heteroatoms. The van der Waals surface area contributed by atoms with E-state index in [9.17, 15) is 0 Å². The average Bonchev–Trinajstić information content (AvgIpc) is 1.94. The van der Waals surface area contributed by atoms with Crippen LogP contribution in [0.25, 0.3) is 0 Å². The molecule has 1 atom stereocenters. The van der Waals surface area contributed by atoms with Crippen molar-refractivity contribution in [1.29, 1.82) is 0 Å². The van der Waals surface area contributed by atoms with Crippen LogP contribution in [0.2, 0.25) is 5.82 Å². The molecule has 1 heterocycles. The van der Waals surface area contributed by atoms with Crippen molar-refractivity contribution in [2.24, 2.45) is 4.99 Å². The lowest BCUT2D eigenvalue weighted by atomic mass is 9.88. The maximum atomic E-state index is 3.93. The molecule has 0 aromatic heterocycles. The van der Waals surface area contributed by atoms with Crippen LogP contribution in [0.4, 0.5) is 0 Å². The van der Waals surface area contributed by atoms with Crippen LogP contribution in [0, 0.1) is 0 Å². The van der Waals surface area contributed by atoms with Gasteiger partial charge in [0.15, 0.2) is 0 Å². The van der Waals surface area contributed by atoms with Gasteiger partial charge >= 0.3 is 0 Å². The highest BCUT2D eigenvalue weighted by atomic mass is 14.7. The first-order valence-corrected chi connectivity index (χ1v) is 2.81. The van der Waals surface area contributed by atoms with Gasteiger partial charge in [0.05, 0.1) is 6.54 Å². The molecule has 0 saturated carbocycles. The lowest BCUT2D eigenvalue weighted by Crippen LogP contribution is -1.77. The van der Waals surface area contributed by atoms with Crippen LogP contribution in [0.15, 0.2) is 23.2 Å². The molecule has 0 aliphatic carbocycles. The molecular weight excluding hydrogens is 96.9 g/mol. The van der Waals surface area contributed by atoms with Crippen molar-refractivity contribution < 1.29 is 0 Å². The first kappa shape index (κ1) is 5.39. The molecule has 0 radical (unpaired) electrons. The van der Waals surface area contributed by atoms with Gasteiger partial charge in [0.2, 0.25) is 0 Å². The Kier molecular flexibility index (Phi) is 1.71. The molecule has 0 N–H and O–H groups in total. The van der Waals surface area contributed by atoms with E-state index >= 15 is 0 Å². The van der Waals surface area contributed by atoms with E-state index in [4.69, 9.17) is 0 Å².